The van der Waals surface area contributed by atoms with Crippen LogP contribution in [0.15, 0.2) is 59.9 Å². The van der Waals surface area contributed by atoms with Gasteiger partial charge in [-0.3, -0.25) is 14.5 Å². The normalized spacial score (nSPS) is 13.1. The smallest absolute Gasteiger partial charge is 0.408 e. The Kier molecular flexibility index (Phi) is 8.58. The molecular formula is C31H33ClFN3O5. The van der Waals surface area contributed by atoms with Crippen molar-refractivity contribution in [1.29, 1.82) is 0 Å². The first kappa shape index (κ1) is 29.9. The van der Waals surface area contributed by atoms with Crippen molar-refractivity contribution in [2.24, 2.45) is 0 Å². The maximum Gasteiger partial charge on any atom is 0.408 e. The van der Waals surface area contributed by atoms with Crippen LogP contribution in [0.25, 0.3) is 5.57 Å². The van der Waals surface area contributed by atoms with E-state index in [0.717, 1.165) is 5.56 Å². The molecular weight excluding hydrogens is 549 g/mol. The van der Waals surface area contributed by atoms with E-state index in [2.05, 4.69) is 6.58 Å². The first-order valence-corrected chi connectivity index (χ1v) is 13.5. The summed E-state index contributed by atoms with van der Waals surface area (Å²) in [6.07, 6.45) is -1.16. The molecule has 3 aromatic rings. The highest BCUT2D eigenvalue weighted by Crippen LogP contribution is 2.31. The minimum Gasteiger partial charge on any atom is -0.483 e. The summed E-state index contributed by atoms with van der Waals surface area (Å²) in [5.74, 6) is -1.16. The van der Waals surface area contributed by atoms with Crippen LogP contribution in [0.2, 0.25) is 5.02 Å². The number of aromatic nitrogens is 1. The van der Waals surface area contributed by atoms with E-state index in [1.54, 1.807) is 38.3 Å². The van der Waals surface area contributed by atoms with Gasteiger partial charge in [0.15, 0.2) is 11.4 Å². The molecule has 0 bridgehead atoms. The lowest BCUT2D eigenvalue weighted by atomic mass is 9.99. The summed E-state index contributed by atoms with van der Waals surface area (Å²) in [6, 6.07) is 13.5. The van der Waals surface area contributed by atoms with Gasteiger partial charge in [0, 0.05) is 36.4 Å². The van der Waals surface area contributed by atoms with E-state index in [9.17, 15) is 23.9 Å². The summed E-state index contributed by atoms with van der Waals surface area (Å²) in [5, 5.41) is 9.96. The molecule has 8 nitrogen and oxygen atoms in total. The molecule has 0 aliphatic carbocycles. The zero-order valence-corrected chi connectivity index (χ0v) is 24.3. The van der Waals surface area contributed by atoms with Crippen LogP contribution in [0.5, 0.6) is 5.75 Å². The standard InChI is InChI=1S/C31H33ClFN3O5/c1-19(2)25-24(17-36(30(39)40)31(3,4)5)35-14-13-34(16-21-11-12-23(33)22(32)15-21)29(38)26(35)28(27(25)37)41-18-20-9-7-6-8-10-20/h6-12,15H,1,13-14,16-18H2,2-5H3,(H,39,40). The number of benzene rings is 2. The van der Waals surface area contributed by atoms with Gasteiger partial charge in [0.05, 0.1) is 11.6 Å². The van der Waals surface area contributed by atoms with Gasteiger partial charge in [-0.05, 0) is 56.5 Å². The molecule has 1 N–H and O–H groups in total. The summed E-state index contributed by atoms with van der Waals surface area (Å²) in [7, 11) is 0. The van der Waals surface area contributed by atoms with Gasteiger partial charge in [0.2, 0.25) is 5.43 Å². The molecule has 216 valence electrons. The molecule has 0 radical (unpaired) electrons. The average molecular weight is 582 g/mol. The van der Waals surface area contributed by atoms with Crippen molar-refractivity contribution in [3.8, 4) is 5.75 Å². The Bertz CT molecular complexity index is 1560. The fourth-order valence-corrected chi connectivity index (χ4v) is 5.10. The highest BCUT2D eigenvalue weighted by Gasteiger charge is 2.36. The number of hydrogen-bond acceptors (Lipinski definition) is 4. The molecule has 2 heterocycles. The van der Waals surface area contributed by atoms with E-state index in [-0.39, 0.29) is 54.8 Å². The Hall–Kier alpha value is -4.11. The van der Waals surface area contributed by atoms with Crippen LogP contribution < -0.4 is 10.2 Å². The molecule has 0 saturated heterocycles. The van der Waals surface area contributed by atoms with Gasteiger partial charge in [0.25, 0.3) is 5.91 Å². The van der Waals surface area contributed by atoms with E-state index in [1.807, 2.05) is 30.3 Å². The quantitative estimate of drug-likeness (QED) is 0.343. The topological polar surface area (TPSA) is 92.1 Å². The fraction of sp³-hybridized carbons (Fsp3) is 0.323. The molecule has 10 heteroatoms. The number of rotatable bonds is 8. The predicted octanol–water partition coefficient (Wildman–Crippen LogP) is 6.19. The molecule has 0 unspecified atom stereocenters. The van der Waals surface area contributed by atoms with Crippen LogP contribution in [-0.4, -0.2) is 43.6 Å². The highest BCUT2D eigenvalue weighted by atomic mass is 35.5. The van der Waals surface area contributed by atoms with E-state index >= 15 is 0 Å². The molecule has 0 saturated carbocycles. The number of hydrogen-bond donors (Lipinski definition) is 1. The number of carbonyl (C=O) groups excluding carboxylic acids is 1. The Morgan fingerprint density at radius 1 is 1.12 bits per heavy atom. The first-order chi connectivity index (χ1) is 19.3. The number of halogens is 2. The van der Waals surface area contributed by atoms with Gasteiger partial charge < -0.3 is 19.3 Å². The summed E-state index contributed by atoms with van der Waals surface area (Å²) in [5.41, 5.74) is 1.16. The molecule has 1 aliphatic heterocycles. The molecule has 1 aliphatic rings. The third kappa shape index (κ3) is 6.30. The third-order valence-corrected chi connectivity index (χ3v) is 7.26. The largest absolute Gasteiger partial charge is 0.483 e. The van der Waals surface area contributed by atoms with E-state index in [4.69, 9.17) is 16.3 Å². The van der Waals surface area contributed by atoms with E-state index in [0.29, 0.717) is 16.8 Å². The molecule has 1 aromatic heterocycles. The first-order valence-electron chi connectivity index (χ1n) is 13.2. The van der Waals surface area contributed by atoms with Crippen LogP contribution in [-0.2, 0) is 26.2 Å². The summed E-state index contributed by atoms with van der Waals surface area (Å²) in [4.78, 5) is 43.1. The molecule has 41 heavy (non-hydrogen) atoms. The summed E-state index contributed by atoms with van der Waals surface area (Å²) >= 11 is 5.97. The lowest BCUT2D eigenvalue weighted by Gasteiger charge is -2.37. The van der Waals surface area contributed by atoms with Crippen LogP contribution >= 0.6 is 11.6 Å². The SMILES string of the molecule is C=C(C)c1c(CN(C(=O)O)C(C)(C)C)n2c(c(OCc3ccccc3)c1=O)C(=O)N(Cc1ccc(F)c(Cl)c1)CC2. The second-order valence-corrected chi connectivity index (χ2v) is 11.5. The Labute approximate surface area is 243 Å². The predicted molar refractivity (Wildman–Crippen MR) is 156 cm³/mol. The zero-order valence-electron chi connectivity index (χ0n) is 23.5. The number of amides is 2. The molecule has 0 atom stereocenters. The Morgan fingerprint density at radius 2 is 1.80 bits per heavy atom. The van der Waals surface area contributed by atoms with E-state index in [1.165, 1.54) is 21.9 Å². The van der Waals surface area contributed by atoms with Gasteiger partial charge in [-0.1, -0.05) is 54.6 Å². The molecule has 2 amide bonds. The van der Waals surface area contributed by atoms with Crippen LogP contribution in [0, 0.1) is 5.82 Å². The number of fused-ring (bicyclic) bond motifs is 1. The fourth-order valence-electron chi connectivity index (χ4n) is 4.89. The Balaban J connectivity index is 1.87. The monoisotopic (exact) mass is 581 g/mol. The average Bonchev–Trinajstić information content (AvgIpc) is 2.89. The van der Waals surface area contributed by atoms with Gasteiger partial charge in [-0.2, -0.15) is 0 Å². The number of carbonyl (C=O) groups is 2. The lowest BCUT2D eigenvalue weighted by Crippen LogP contribution is -2.47. The number of carboxylic acid groups (broad SMARTS) is 1. The molecule has 4 rings (SSSR count). The van der Waals surface area contributed by atoms with Crippen molar-refractivity contribution < 1.29 is 23.8 Å². The van der Waals surface area contributed by atoms with Gasteiger partial charge in [-0.25, -0.2) is 9.18 Å². The minimum absolute atomic E-state index is 0.0321. The number of nitrogens with zero attached hydrogens (tertiary/aromatic N) is 3. The van der Waals surface area contributed by atoms with Crippen molar-refractivity contribution in [2.75, 3.05) is 6.54 Å². The van der Waals surface area contributed by atoms with Crippen molar-refractivity contribution in [3.63, 3.8) is 0 Å². The second kappa shape index (κ2) is 11.8. The third-order valence-electron chi connectivity index (χ3n) is 6.97. The van der Waals surface area contributed by atoms with Crippen LogP contribution in [0.4, 0.5) is 9.18 Å². The summed E-state index contributed by atoms with van der Waals surface area (Å²) in [6.45, 7) is 11.5. The van der Waals surface area contributed by atoms with Gasteiger partial charge >= 0.3 is 6.09 Å². The molecule has 2 aromatic carbocycles. The summed E-state index contributed by atoms with van der Waals surface area (Å²) < 4.78 is 21.5. The lowest BCUT2D eigenvalue weighted by molar-refractivity contribution is 0.0671. The van der Waals surface area contributed by atoms with Gasteiger partial charge in [0.1, 0.15) is 12.4 Å². The minimum atomic E-state index is -1.16. The maximum absolute atomic E-state index is 14.0. The Morgan fingerprint density at radius 3 is 2.39 bits per heavy atom. The van der Waals surface area contributed by atoms with Crippen molar-refractivity contribution in [1.82, 2.24) is 14.4 Å². The van der Waals surface area contributed by atoms with E-state index < -0.39 is 28.8 Å². The maximum atomic E-state index is 14.0. The van der Waals surface area contributed by atoms with Crippen molar-refractivity contribution in [3.05, 3.63) is 104 Å². The van der Waals surface area contributed by atoms with Crippen LogP contribution in [0.1, 0.15) is 60.6 Å². The van der Waals surface area contributed by atoms with Crippen LogP contribution in [0.3, 0.4) is 0 Å². The number of ether oxygens (including phenoxy) is 1. The molecule has 0 spiro atoms. The zero-order chi connectivity index (χ0) is 30.1. The number of pyridine rings is 1. The van der Waals surface area contributed by atoms with Crippen molar-refractivity contribution in [2.45, 2.75) is 59.5 Å². The van der Waals surface area contributed by atoms with Gasteiger partial charge in [-0.15, -0.1) is 0 Å². The van der Waals surface area contributed by atoms with Crippen molar-refractivity contribution >= 4 is 29.2 Å². The number of allylic oxidation sites excluding steroid dienone is 1. The molecule has 0 fully saturated rings. The second-order valence-electron chi connectivity index (χ2n) is 11.0. The highest BCUT2D eigenvalue weighted by molar-refractivity contribution is 6.30.